The van der Waals surface area contributed by atoms with Gasteiger partial charge in [0.15, 0.2) is 6.10 Å². The topological polar surface area (TPSA) is 55.4 Å². The van der Waals surface area contributed by atoms with Gasteiger partial charge in [0, 0.05) is 6.04 Å². The number of amides is 1. The van der Waals surface area contributed by atoms with Gasteiger partial charge < -0.3 is 10.1 Å². The summed E-state index contributed by atoms with van der Waals surface area (Å²) < 4.78 is 5.21. The maximum atomic E-state index is 12.1. The maximum absolute atomic E-state index is 12.1. The minimum Gasteiger partial charge on any atom is -0.449 e. The molecule has 126 valence electrons. The van der Waals surface area contributed by atoms with Crippen molar-refractivity contribution >= 4 is 11.9 Å². The SMILES string of the molecule is C[C@@H](CCc1ccccc1)NC(=O)[C@@H](C)OC(=O)c1ccccc1. The Hall–Kier alpha value is -2.62. The summed E-state index contributed by atoms with van der Waals surface area (Å²) in [7, 11) is 0. The third kappa shape index (κ3) is 5.54. The molecule has 0 saturated heterocycles. The number of esters is 1. The average molecular weight is 325 g/mol. The zero-order chi connectivity index (χ0) is 17.4. The van der Waals surface area contributed by atoms with Gasteiger partial charge in [-0.1, -0.05) is 48.5 Å². The zero-order valence-corrected chi connectivity index (χ0v) is 14.1. The van der Waals surface area contributed by atoms with Crippen LogP contribution in [0.3, 0.4) is 0 Å². The highest BCUT2D eigenvalue weighted by Crippen LogP contribution is 2.07. The number of benzene rings is 2. The van der Waals surface area contributed by atoms with E-state index in [2.05, 4.69) is 17.4 Å². The fraction of sp³-hybridized carbons (Fsp3) is 0.300. The van der Waals surface area contributed by atoms with E-state index in [9.17, 15) is 9.59 Å². The number of ether oxygens (including phenoxy) is 1. The van der Waals surface area contributed by atoms with Gasteiger partial charge in [0.05, 0.1) is 5.56 Å². The lowest BCUT2D eigenvalue weighted by Gasteiger charge is -2.18. The Labute approximate surface area is 142 Å². The Morgan fingerprint density at radius 1 is 0.958 bits per heavy atom. The van der Waals surface area contributed by atoms with E-state index in [0.29, 0.717) is 5.56 Å². The molecule has 0 saturated carbocycles. The largest absolute Gasteiger partial charge is 0.449 e. The highest BCUT2D eigenvalue weighted by Gasteiger charge is 2.20. The molecule has 0 unspecified atom stereocenters. The Morgan fingerprint density at radius 2 is 1.54 bits per heavy atom. The molecule has 0 aromatic heterocycles. The standard InChI is InChI=1S/C20H23NO3/c1-15(13-14-17-9-5-3-6-10-17)21-19(22)16(2)24-20(23)18-11-7-4-8-12-18/h3-12,15-16H,13-14H2,1-2H3,(H,21,22)/t15-,16+/m0/s1. The molecule has 2 rings (SSSR count). The predicted octanol–water partition coefficient (Wildman–Crippen LogP) is 3.37. The normalized spacial score (nSPS) is 12.9. The number of hydrogen-bond donors (Lipinski definition) is 1. The summed E-state index contributed by atoms with van der Waals surface area (Å²) in [5.41, 5.74) is 1.68. The van der Waals surface area contributed by atoms with E-state index in [-0.39, 0.29) is 11.9 Å². The zero-order valence-electron chi connectivity index (χ0n) is 14.1. The molecule has 0 fully saturated rings. The molecule has 24 heavy (non-hydrogen) atoms. The molecule has 0 radical (unpaired) electrons. The number of nitrogens with one attached hydrogen (secondary N) is 1. The minimum atomic E-state index is -0.822. The lowest BCUT2D eigenvalue weighted by molar-refractivity contribution is -0.129. The first kappa shape index (κ1) is 17.7. The molecule has 0 heterocycles. The molecule has 2 atom stereocenters. The van der Waals surface area contributed by atoms with Crippen molar-refractivity contribution in [1.82, 2.24) is 5.32 Å². The summed E-state index contributed by atoms with van der Waals surface area (Å²) in [6.45, 7) is 3.53. The fourth-order valence-electron chi connectivity index (χ4n) is 2.32. The van der Waals surface area contributed by atoms with Gasteiger partial charge in [-0.05, 0) is 44.4 Å². The van der Waals surface area contributed by atoms with Gasteiger partial charge in [0.25, 0.3) is 5.91 Å². The number of rotatable bonds is 7. The van der Waals surface area contributed by atoms with Crippen molar-refractivity contribution in [2.75, 3.05) is 0 Å². The molecule has 1 N–H and O–H groups in total. The maximum Gasteiger partial charge on any atom is 0.338 e. The summed E-state index contributed by atoms with van der Waals surface area (Å²) in [5, 5.41) is 2.89. The van der Waals surface area contributed by atoms with E-state index in [0.717, 1.165) is 12.8 Å². The van der Waals surface area contributed by atoms with Crippen LogP contribution in [0, 0.1) is 0 Å². The lowest BCUT2D eigenvalue weighted by Crippen LogP contribution is -2.41. The van der Waals surface area contributed by atoms with E-state index >= 15 is 0 Å². The van der Waals surface area contributed by atoms with Crippen LogP contribution in [0.4, 0.5) is 0 Å². The van der Waals surface area contributed by atoms with Crippen LogP contribution < -0.4 is 5.32 Å². The van der Waals surface area contributed by atoms with Crippen molar-refractivity contribution < 1.29 is 14.3 Å². The Bertz CT molecular complexity index is 655. The second kappa shape index (κ2) is 8.87. The van der Waals surface area contributed by atoms with Crippen LogP contribution in [0.15, 0.2) is 60.7 Å². The smallest absolute Gasteiger partial charge is 0.338 e. The quantitative estimate of drug-likeness (QED) is 0.794. The van der Waals surface area contributed by atoms with Gasteiger partial charge in [0.2, 0.25) is 0 Å². The summed E-state index contributed by atoms with van der Waals surface area (Å²) in [6.07, 6.45) is 0.896. The fourth-order valence-corrected chi connectivity index (χ4v) is 2.32. The van der Waals surface area contributed by atoms with Gasteiger partial charge in [-0.2, -0.15) is 0 Å². The summed E-state index contributed by atoms with van der Waals surface area (Å²) in [5.74, 6) is -0.768. The first-order valence-corrected chi connectivity index (χ1v) is 8.16. The Morgan fingerprint density at radius 3 is 2.17 bits per heavy atom. The number of hydrogen-bond acceptors (Lipinski definition) is 3. The van der Waals surface area contributed by atoms with Crippen LogP contribution in [0.2, 0.25) is 0 Å². The second-order valence-electron chi connectivity index (χ2n) is 5.85. The van der Waals surface area contributed by atoms with Crippen molar-refractivity contribution in [3.8, 4) is 0 Å². The van der Waals surface area contributed by atoms with Gasteiger partial charge in [-0.15, -0.1) is 0 Å². The van der Waals surface area contributed by atoms with E-state index in [1.807, 2.05) is 31.2 Å². The van der Waals surface area contributed by atoms with Crippen LogP contribution >= 0.6 is 0 Å². The molecule has 1 amide bonds. The van der Waals surface area contributed by atoms with Crippen molar-refractivity contribution in [1.29, 1.82) is 0 Å². The number of carbonyl (C=O) groups is 2. The molecule has 0 aliphatic carbocycles. The van der Waals surface area contributed by atoms with Crippen LogP contribution in [-0.4, -0.2) is 24.0 Å². The first-order valence-electron chi connectivity index (χ1n) is 8.16. The molecule has 2 aromatic rings. The van der Waals surface area contributed by atoms with Gasteiger partial charge in [-0.25, -0.2) is 4.79 Å². The Balaban J connectivity index is 1.77. The Kier molecular flexibility index (Phi) is 6.55. The van der Waals surface area contributed by atoms with Crippen molar-refractivity contribution in [3.63, 3.8) is 0 Å². The van der Waals surface area contributed by atoms with Crippen molar-refractivity contribution in [2.45, 2.75) is 38.8 Å². The third-order valence-electron chi connectivity index (χ3n) is 3.76. The molecule has 0 spiro atoms. The van der Waals surface area contributed by atoms with E-state index < -0.39 is 12.1 Å². The predicted molar refractivity (Wildman–Crippen MR) is 93.7 cm³/mol. The van der Waals surface area contributed by atoms with Crippen LogP contribution in [0.5, 0.6) is 0 Å². The summed E-state index contributed by atoms with van der Waals surface area (Å²) in [4.78, 5) is 24.1. The van der Waals surface area contributed by atoms with Crippen LogP contribution in [0.25, 0.3) is 0 Å². The second-order valence-corrected chi connectivity index (χ2v) is 5.85. The van der Waals surface area contributed by atoms with Crippen molar-refractivity contribution in [2.24, 2.45) is 0 Å². The minimum absolute atomic E-state index is 0.00980. The molecule has 4 heteroatoms. The molecule has 4 nitrogen and oxygen atoms in total. The van der Waals surface area contributed by atoms with Gasteiger partial charge in [-0.3, -0.25) is 4.79 Å². The van der Waals surface area contributed by atoms with Gasteiger partial charge >= 0.3 is 5.97 Å². The van der Waals surface area contributed by atoms with Crippen LogP contribution in [-0.2, 0) is 16.0 Å². The van der Waals surface area contributed by atoms with E-state index in [1.54, 1.807) is 31.2 Å². The highest BCUT2D eigenvalue weighted by atomic mass is 16.5. The monoisotopic (exact) mass is 325 g/mol. The molecule has 0 aliphatic rings. The first-order chi connectivity index (χ1) is 11.6. The lowest BCUT2D eigenvalue weighted by atomic mass is 10.1. The number of carbonyl (C=O) groups excluding carboxylic acids is 2. The molecule has 0 aliphatic heterocycles. The molecule has 2 aromatic carbocycles. The third-order valence-corrected chi connectivity index (χ3v) is 3.76. The summed E-state index contributed by atoms with van der Waals surface area (Å²) >= 11 is 0. The van der Waals surface area contributed by atoms with E-state index in [4.69, 9.17) is 4.74 Å². The van der Waals surface area contributed by atoms with E-state index in [1.165, 1.54) is 5.56 Å². The molecular formula is C20H23NO3. The molecular weight excluding hydrogens is 302 g/mol. The van der Waals surface area contributed by atoms with Gasteiger partial charge in [0.1, 0.15) is 0 Å². The highest BCUT2D eigenvalue weighted by molar-refractivity contribution is 5.92. The van der Waals surface area contributed by atoms with Crippen LogP contribution in [0.1, 0.15) is 36.2 Å². The average Bonchev–Trinajstić information content (AvgIpc) is 2.61. The summed E-state index contributed by atoms with van der Waals surface area (Å²) in [6, 6.07) is 18.8. The molecule has 0 bridgehead atoms. The number of aryl methyl sites for hydroxylation is 1. The van der Waals surface area contributed by atoms with Crippen molar-refractivity contribution in [3.05, 3.63) is 71.8 Å².